The van der Waals surface area contributed by atoms with Crippen molar-refractivity contribution in [3.05, 3.63) is 47.2 Å². The maximum absolute atomic E-state index is 13.6. The number of benzene rings is 1. The summed E-state index contributed by atoms with van der Waals surface area (Å²) in [7, 11) is 2.02. The van der Waals surface area contributed by atoms with Gasteiger partial charge in [0, 0.05) is 50.2 Å². The van der Waals surface area contributed by atoms with Crippen molar-refractivity contribution in [3.8, 4) is 11.5 Å². The first-order valence-electron chi connectivity index (χ1n) is 15.8. The number of rotatable bonds is 3. The van der Waals surface area contributed by atoms with E-state index in [-0.39, 0.29) is 23.9 Å². The third-order valence-electron chi connectivity index (χ3n) is 9.20. The van der Waals surface area contributed by atoms with E-state index < -0.39 is 5.60 Å². The first kappa shape index (κ1) is 29.8. The molecular weight excluding hydrogens is 574 g/mol. The highest BCUT2D eigenvalue weighted by molar-refractivity contribution is 6.00. The molecule has 3 aliphatic heterocycles. The first-order valence-corrected chi connectivity index (χ1v) is 15.8. The maximum Gasteiger partial charge on any atom is 0.254 e. The van der Waals surface area contributed by atoms with Crippen molar-refractivity contribution in [2.24, 2.45) is 7.05 Å². The molecule has 3 aromatic heterocycles. The van der Waals surface area contributed by atoms with Gasteiger partial charge in [0.15, 0.2) is 5.82 Å². The van der Waals surface area contributed by atoms with E-state index in [2.05, 4.69) is 31.9 Å². The predicted octanol–water partition coefficient (Wildman–Crippen LogP) is 2.58. The molecule has 1 aromatic carbocycles. The van der Waals surface area contributed by atoms with Gasteiger partial charge >= 0.3 is 0 Å². The fourth-order valence-electron chi connectivity index (χ4n) is 6.54. The summed E-state index contributed by atoms with van der Waals surface area (Å²) in [5.74, 6) is 0.628. The van der Waals surface area contributed by atoms with E-state index in [0.29, 0.717) is 52.7 Å². The molecule has 4 aromatic rings. The van der Waals surface area contributed by atoms with Crippen LogP contribution < -0.4 is 10.6 Å². The number of nitrogens with zero attached hydrogens (tertiary/aromatic N) is 5. The van der Waals surface area contributed by atoms with Crippen molar-refractivity contribution in [1.29, 1.82) is 0 Å². The molecule has 7 rings (SSSR count). The number of hydrogen-bond acceptors (Lipinski definition) is 8. The van der Waals surface area contributed by atoms with E-state index in [0.717, 1.165) is 63.4 Å². The summed E-state index contributed by atoms with van der Waals surface area (Å²) < 4.78 is 21.6. The molecule has 12 heteroatoms. The number of morpholine rings is 1. The van der Waals surface area contributed by atoms with Gasteiger partial charge in [-0.1, -0.05) is 0 Å². The van der Waals surface area contributed by atoms with Crippen molar-refractivity contribution in [2.75, 3.05) is 52.7 Å². The standard InChI is InChI=1S/C33H41N7O5/c1-20-25-6-5-22-16-28(40(29(22)36-25)10-12-43-13-14-45-33(2,3)32(42)35-20)30-37-26-17-24-21(15-27(26)38(30)4)7-9-39(31(24)41)18-23-19-44-11-8-34-23/h5-6,15-17,20,23,34H,7-14,18-19H2,1-4H3,(H,35,42)/t20-,23+/m1/s1. The molecule has 1 saturated heterocycles. The minimum atomic E-state index is -0.983. The number of fused-ring (bicyclic) bond motifs is 3. The van der Waals surface area contributed by atoms with Crippen LogP contribution in [0, 0.1) is 0 Å². The molecule has 12 nitrogen and oxygen atoms in total. The third-order valence-corrected chi connectivity index (χ3v) is 9.20. The molecular formula is C33H41N7O5. The quantitative estimate of drug-likeness (QED) is 0.361. The Kier molecular flexibility index (Phi) is 7.84. The summed E-state index contributed by atoms with van der Waals surface area (Å²) in [5, 5.41) is 7.48. The van der Waals surface area contributed by atoms with Gasteiger partial charge in [0.05, 0.1) is 61.5 Å². The lowest BCUT2D eigenvalue weighted by atomic mass is 9.97. The highest BCUT2D eigenvalue weighted by Gasteiger charge is 2.31. The lowest BCUT2D eigenvalue weighted by Gasteiger charge is -2.33. The number of carbonyl (C=O) groups excluding carboxylic acids is 2. The Balaban J connectivity index is 1.25. The Hall–Kier alpha value is -3.84. The number of aromatic nitrogens is 4. The van der Waals surface area contributed by atoms with Crippen LogP contribution in [0.3, 0.4) is 0 Å². The summed E-state index contributed by atoms with van der Waals surface area (Å²) in [5.41, 5.74) is 5.01. The molecule has 0 spiro atoms. The second kappa shape index (κ2) is 11.8. The number of amides is 2. The Bertz CT molecular complexity index is 1770. The van der Waals surface area contributed by atoms with E-state index in [1.165, 1.54) is 0 Å². The van der Waals surface area contributed by atoms with Crippen LogP contribution >= 0.6 is 0 Å². The van der Waals surface area contributed by atoms with Gasteiger partial charge in [0.1, 0.15) is 11.2 Å². The molecule has 0 aliphatic carbocycles. The molecule has 2 bridgehead atoms. The summed E-state index contributed by atoms with van der Waals surface area (Å²) >= 11 is 0. The van der Waals surface area contributed by atoms with Crippen LogP contribution in [0.25, 0.3) is 33.6 Å². The smallest absolute Gasteiger partial charge is 0.254 e. The SMILES string of the molecule is C[C@H]1NC(=O)C(C)(C)OCCOCCn2c(-c3nc4cc5c(cc4n3C)CCN(C[C@H]3COCCN3)C5=O)cc3ccc1nc32. The average molecular weight is 616 g/mol. The van der Waals surface area contributed by atoms with Gasteiger partial charge in [0.2, 0.25) is 0 Å². The lowest BCUT2D eigenvalue weighted by Crippen LogP contribution is -2.51. The predicted molar refractivity (Wildman–Crippen MR) is 169 cm³/mol. The fraction of sp³-hybridized carbons (Fsp3) is 0.515. The Labute approximate surface area is 262 Å². The molecule has 6 heterocycles. The molecule has 2 amide bonds. The zero-order valence-corrected chi connectivity index (χ0v) is 26.4. The summed E-state index contributed by atoms with van der Waals surface area (Å²) in [6.07, 6.45) is 0.797. The van der Waals surface area contributed by atoms with Crippen molar-refractivity contribution in [3.63, 3.8) is 0 Å². The number of ether oxygens (including phenoxy) is 3. The number of carbonyl (C=O) groups is 2. The van der Waals surface area contributed by atoms with Gasteiger partial charge in [-0.15, -0.1) is 0 Å². The molecule has 3 aliphatic rings. The number of aryl methyl sites for hydroxylation is 1. The molecule has 2 N–H and O–H groups in total. The maximum atomic E-state index is 13.6. The van der Waals surface area contributed by atoms with Crippen LogP contribution in [0.2, 0.25) is 0 Å². The van der Waals surface area contributed by atoms with Crippen LogP contribution in [0.1, 0.15) is 48.4 Å². The van der Waals surface area contributed by atoms with Gasteiger partial charge in [-0.3, -0.25) is 9.59 Å². The minimum Gasteiger partial charge on any atom is -0.378 e. The minimum absolute atomic E-state index is 0.0439. The number of nitrogens with one attached hydrogen (secondary N) is 2. The number of hydrogen-bond donors (Lipinski definition) is 2. The van der Waals surface area contributed by atoms with Crippen molar-refractivity contribution >= 4 is 33.9 Å². The monoisotopic (exact) mass is 615 g/mol. The zero-order chi connectivity index (χ0) is 31.3. The van der Waals surface area contributed by atoms with Crippen molar-refractivity contribution < 1.29 is 23.8 Å². The van der Waals surface area contributed by atoms with Gasteiger partial charge in [0.25, 0.3) is 11.8 Å². The van der Waals surface area contributed by atoms with E-state index in [1.54, 1.807) is 13.8 Å². The van der Waals surface area contributed by atoms with E-state index >= 15 is 0 Å². The van der Waals surface area contributed by atoms with Crippen molar-refractivity contribution in [2.45, 2.75) is 51.4 Å². The summed E-state index contributed by atoms with van der Waals surface area (Å²) in [4.78, 5) is 38.6. The van der Waals surface area contributed by atoms with E-state index in [4.69, 9.17) is 24.2 Å². The largest absolute Gasteiger partial charge is 0.378 e. The highest BCUT2D eigenvalue weighted by atomic mass is 16.5. The molecule has 0 radical (unpaired) electrons. The Morgan fingerprint density at radius 1 is 1.02 bits per heavy atom. The normalized spacial score (nSPS) is 22.9. The van der Waals surface area contributed by atoms with Crippen LogP contribution in [-0.2, 0) is 39.0 Å². The van der Waals surface area contributed by atoms with Gasteiger partial charge in [-0.05, 0) is 63.1 Å². The van der Waals surface area contributed by atoms with Crippen LogP contribution in [0.4, 0.5) is 0 Å². The molecule has 45 heavy (non-hydrogen) atoms. The first-order chi connectivity index (χ1) is 21.7. The molecule has 0 saturated carbocycles. The second-order valence-corrected chi connectivity index (χ2v) is 12.7. The summed E-state index contributed by atoms with van der Waals surface area (Å²) in [6.45, 7) is 10.6. The Morgan fingerprint density at radius 2 is 1.89 bits per heavy atom. The van der Waals surface area contributed by atoms with Gasteiger partial charge in [-0.25, -0.2) is 9.97 Å². The van der Waals surface area contributed by atoms with Crippen molar-refractivity contribution in [1.82, 2.24) is 34.6 Å². The molecule has 238 valence electrons. The second-order valence-electron chi connectivity index (χ2n) is 12.7. The highest BCUT2D eigenvalue weighted by Crippen LogP contribution is 2.32. The van der Waals surface area contributed by atoms with E-state index in [1.807, 2.05) is 37.1 Å². The van der Waals surface area contributed by atoms with Gasteiger partial charge in [-0.2, -0.15) is 0 Å². The fourth-order valence-corrected chi connectivity index (χ4v) is 6.54. The van der Waals surface area contributed by atoms with Crippen LogP contribution in [-0.4, -0.2) is 100 Å². The van der Waals surface area contributed by atoms with E-state index in [9.17, 15) is 9.59 Å². The Morgan fingerprint density at radius 3 is 2.71 bits per heavy atom. The topological polar surface area (TPSA) is 125 Å². The van der Waals surface area contributed by atoms with Gasteiger partial charge < -0.3 is 38.9 Å². The lowest BCUT2D eigenvalue weighted by molar-refractivity contribution is -0.145. The zero-order valence-electron chi connectivity index (χ0n) is 26.4. The van der Waals surface area contributed by atoms with Crippen LogP contribution in [0.5, 0.6) is 0 Å². The molecule has 2 atom stereocenters. The average Bonchev–Trinajstić information content (AvgIpc) is 3.55. The summed E-state index contributed by atoms with van der Waals surface area (Å²) in [6, 6.07) is 10.0. The third kappa shape index (κ3) is 5.60. The number of imidazole rings is 1. The van der Waals surface area contributed by atoms with Crippen LogP contribution in [0.15, 0.2) is 30.3 Å². The molecule has 0 unspecified atom stereocenters. The molecule has 1 fully saturated rings. The number of pyridine rings is 1.